The molecule has 0 saturated carbocycles. The number of anilines is 3. The summed E-state index contributed by atoms with van der Waals surface area (Å²) in [5, 5.41) is 12.6. The fraction of sp³-hybridized carbons (Fsp3) is 0.438. The monoisotopic (exact) mass is 364 g/mol. The molecule has 1 aliphatic heterocycles. The highest BCUT2D eigenvalue weighted by Crippen LogP contribution is 2.28. The molecule has 3 rings (SSSR count). The van der Waals surface area contributed by atoms with Crippen LogP contribution in [0.5, 0.6) is 5.88 Å². The minimum atomic E-state index is 0.194. The lowest BCUT2D eigenvalue weighted by atomic mass is 10.3. The molecule has 0 aliphatic carbocycles. The zero-order valence-corrected chi connectivity index (χ0v) is 14.8. The fourth-order valence-corrected chi connectivity index (χ4v) is 2.79. The lowest BCUT2D eigenvalue weighted by Crippen LogP contribution is -2.47. The molecule has 3 heterocycles. The average Bonchev–Trinajstić information content (AvgIpc) is 2.65. The summed E-state index contributed by atoms with van der Waals surface area (Å²) in [6.45, 7) is 4.45. The van der Waals surface area contributed by atoms with Crippen LogP contribution in [-0.2, 0) is 0 Å². The van der Waals surface area contributed by atoms with Crippen LogP contribution in [0.25, 0.3) is 0 Å². The van der Waals surface area contributed by atoms with Gasteiger partial charge in [0.15, 0.2) is 0 Å². The number of nitrogens with zero attached hydrogens (tertiary/aromatic N) is 5. The summed E-state index contributed by atoms with van der Waals surface area (Å²) in [7, 11) is 1.58. The van der Waals surface area contributed by atoms with Crippen molar-refractivity contribution in [2.45, 2.75) is 0 Å². The lowest BCUT2D eigenvalue weighted by molar-refractivity contribution is 0.188. The van der Waals surface area contributed by atoms with E-state index in [1.54, 1.807) is 7.11 Å². The second kappa shape index (κ2) is 8.28. The first-order valence-corrected chi connectivity index (χ1v) is 8.45. The summed E-state index contributed by atoms with van der Waals surface area (Å²) in [6.07, 6.45) is 3.05. The zero-order valence-electron chi connectivity index (χ0n) is 14.0. The number of rotatable bonds is 6. The van der Waals surface area contributed by atoms with Crippen LogP contribution in [0.1, 0.15) is 0 Å². The van der Waals surface area contributed by atoms with Crippen molar-refractivity contribution < 1.29 is 9.84 Å². The predicted molar refractivity (Wildman–Crippen MR) is 96.9 cm³/mol. The molecule has 1 aliphatic rings. The Hall–Kier alpha value is -2.16. The van der Waals surface area contributed by atoms with Crippen molar-refractivity contribution in [1.82, 2.24) is 19.9 Å². The molecule has 0 radical (unpaired) electrons. The molecule has 9 heteroatoms. The summed E-state index contributed by atoms with van der Waals surface area (Å²) in [6, 6.07) is 3.85. The first-order chi connectivity index (χ1) is 12.2. The quantitative estimate of drug-likeness (QED) is 0.795. The standard InChI is InChI=1S/C16H21ClN6O2/c1-25-15-13(20-16-18-10-12(17)11-19-16)2-3-14(21-15)23-6-4-22(5-7-23)8-9-24/h2-3,10-11,24H,4-9H2,1H3,(H,18,19,20). The number of nitrogens with one attached hydrogen (secondary N) is 1. The number of aliphatic hydroxyl groups is 1. The van der Waals surface area contributed by atoms with Crippen molar-refractivity contribution in [3.63, 3.8) is 0 Å². The van der Waals surface area contributed by atoms with E-state index in [-0.39, 0.29) is 6.61 Å². The van der Waals surface area contributed by atoms with Gasteiger partial charge in [0.1, 0.15) is 11.5 Å². The van der Waals surface area contributed by atoms with Crippen molar-refractivity contribution in [2.75, 3.05) is 56.7 Å². The van der Waals surface area contributed by atoms with Gasteiger partial charge in [-0.15, -0.1) is 0 Å². The molecule has 8 nitrogen and oxygen atoms in total. The van der Waals surface area contributed by atoms with E-state index in [1.165, 1.54) is 12.4 Å². The highest BCUT2D eigenvalue weighted by molar-refractivity contribution is 6.30. The topological polar surface area (TPSA) is 86.6 Å². The minimum Gasteiger partial charge on any atom is -0.479 e. The maximum absolute atomic E-state index is 9.03. The number of β-amino-alcohol motifs (C(OH)–C–C–N with tert-alkyl or cyclic N) is 1. The molecule has 0 bridgehead atoms. The second-order valence-electron chi connectivity index (χ2n) is 5.63. The van der Waals surface area contributed by atoms with Crippen LogP contribution in [-0.4, -0.2) is 71.4 Å². The Balaban J connectivity index is 1.70. The SMILES string of the molecule is COc1nc(N2CCN(CCO)CC2)ccc1Nc1ncc(Cl)cn1. The van der Waals surface area contributed by atoms with Gasteiger partial charge in [-0.3, -0.25) is 4.90 Å². The van der Waals surface area contributed by atoms with E-state index >= 15 is 0 Å². The molecule has 134 valence electrons. The smallest absolute Gasteiger partial charge is 0.239 e. The molecular weight excluding hydrogens is 344 g/mol. The van der Waals surface area contributed by atoms with Crippen LogP contribution in [0.4, 0.5) is 17.5 Å². The molecule has 25 heavy (non-hydrogen) atoms. The van der Waals surface area contributed by atoms with Crippen molar-refractivity contribution in [3.05, 3.63) is 29.5 Å². The van der Waals surface area contributed by atoms with Crippen LogP contribution in [0.2, 0.25) is 5.02 Å². The van der Waals surface area contributed by atoms with Gasteiger partial charge in [-0.2, -0.15) is 4.98 Å². The molecule has 2 N–H and O–H groups in total. The number of aromatic nitrogens is 3. The van der Waals surface area contributed by atoms with E-state index in [2.05, 4.69) is 30.1 Å². The number of methoxy groups -OCH3 is 1. The Morgan fingerprint density at radius 2 is 1.92 bits per heavy atom. The molecule has 0 amide bonds. The van der Waals surface area contributed by atoms with Gasteiger partial charge in [0, 0.05) is 32.7 Å². The summed E-state index contributed by atoms with van der Waals surface area (Å²) < 4.78 is 5.41. The number of aliphatic hydroxyl groups excluding tert-OH is 1. The second-order valence-corrected chi connectivity index (χ2v) is 6.06. The van der Waals surface area contributed by atoms with Gasteiger partial charge < -0.3 is 20.1 Å². The van der Waals surface area contributed by atoms with Crippen LogP contribution >= 0.6 is 11.6 Å². The van der Waals surface area contributed by atoms with Crippen LogP contribution < -0.4 is 15.0 Å². The fourth-order valence-electron chi connectivity index (χ4n) is 2.70. The number of pyridine rings is 1. The third kappa shape index (κ3) is 4.47. The molecule has 0 atom stereocenters. The molecule has 2 aromatic rings. The van der Waals surface area contributed by atoms with E-state index in [0.717, 1.165) is 32.0 Å². The minimum absolute atomic E-state index is 0.194. The Labute approximate surface area is 151 Å². The molecule has 0 unspecified atom stereocenters. The van der Waals surface area contributed by atoms with Crippen LogP contribution in [0.15, 0.2) is 24.5 Å². The Kier molecular flexibility index (Phi) is 5.85. The van der Waals surface area contributed by atoms with Gasteiger partial charge in [-0.25, -0.2) is 9.97 Å². The molecule has 2 aromatic heterocycles. The maximum Gasteiger partial charge on any atom is 0.239 e. The van der Waals surface area contributed by atoms with Crippen molar-refractivity contribution >= 4 is 29.1 Å². The Morgan fingerprint density at radius 3 is 2.56 bits per heavy atom. The summed E-state index contributed by atoms with van der Waals surface area (Å²) in [5.41, 5.74) is 0.687. The average molecular weight is 365 g/mol. The molecule has 1 fully saturated rings. The first-order valence-electron chi connectivity index (χ1n) is 8.07. The molecular formula is C16H21ClN6O2. The van der Waals surface area contributed by atoms with Gasteiger partial charge in [-0.1, -0.05) is 11.6 Å². The van der Waals surface area contributed by atoms with E-state index < -0.39 is 0 Å². The highest BCUT2D eigenvalue weighted by Gasteiger charge is 2.19. The van der Waals surface area contributed by atoms with Gasteiger partial charge in [-0.05, 0) is 12.1 Å². The Bertz CT molecular complexity index is 692. The largest absolute Gasteiger partial charge is 0.479 e. The molecule has 1 saturated heterocycles. The van der Waals surface area contributed by atoms with Gasteiger partial charge >= 0.3 is 0 Å². The third-order valence-electron chi connectivity index (χ3n) is 4.02. The summed E-state index contributed by atoms with van der Waals surface area (Å²) >= 11 is 5.80. The predicted octanol–water partition coefficient (Wildman–Crippen LogP) is 1.39. The zero-order chi connectivity index (χ0) is 17.6. The van der Waals surface area contributed by atoms with E-state index in [0.29, 0.717) is 29.1 Å². The highest BCUT2D eigenvalue weighted by atomic mass is 35.5. The number of piperazine rings is 1. The normalized spacial score (nSPS) is 15.2. The van der Waals surface area contributed by atoms with E-state index in [9.17, 15) is 0 Å². The lowest BCUT2D eigenvalue weighted by Gasteiger charge is -2.35. The molecule has 0 aromatic carbocycles. The van der Waals surface area contributed by atoms with Crippen molar-refractivity contribution in [1.29, 1.82) is 0 Å². The number of hydrogen-bond acceptors (Lipinski definition) is 8. The van der Waals surface area contributed by atoms with Gasteiger partial charge in [0.2, 0.25) is 11.8 Å². The molecule has 0 spiro atoms. The van der Waals surface area contributed by atoms with Crippen molar-refractivity contribution in [2.24, 2.45) is 0 Å². The van der Waals surface area contributed by atoms with Gasteiger partial charge in [0.05, 0.1) is 31.1 Å². The van der Waals surface area contributed by atoms with Crippen molar-refractivity contribution in [3.8, 4) is 5.88 Å². The van der Waals surface area contributed by atoms with Crippen LogP contribution in [0.3, 0.4) is 0 Å². The first kappa shape index (κ1) is 17.7. The van der Waals surface area contributed by atoms with E-state index in [4.69, 9.17) is 21.4 Å². The van der Waals surface area contributed by atoms with E-state index in [1.807, 2.05) is 12.1 Å². The Morgan fingerprint density at radius 1 is 1.20 bits per heavy atom. The maximum atomic E-state index is 9.03. The number of ether oxygens (including phenoxy) is 1. The van der Waals surface area contributed by atoms with Gasteiger partial charge in [0.25, 0.3) is 0 Å². The summed E-state index contributed by atoms with van der Waals surface area (Å²) in [5.74, 6) is 1.77. The van der Waals surface area contributed by atoms with Crippen LogP contribution in [0, 0.1) is 0 Å². The third-order valence-corrected chi connectivity index (χ3v) is 4.21. The number of halogens is 1. The number of hydrogen-bond donors (Lipinski definition) is 2. The summed E-state index contributed by atoms with van der Waals surface area (Å²) in [4.78, 5) is 17.3.